The molecular weight excluding hydrogens is 526 g/mol. The van der Waals surface area contributed by atoms with Gasteiger partial charge in [0.15, 0.2) is 28.8 Å². The fraction of sp³-hybridized carbons (Fsp3) is 0.406. The number of nitrogens with one attached hydrogen (secondary N) is 1. The van der Waals surface area contributed by atoms with Gasteiger partial charge in [-0.2, -0.15) is 0 Å². The van der Waals surface area contributed by atoms with Crippen molar-refractivity contribution in [3.63, 3.8) is 0 Å². The average molecular weight is 564 g/mol. The third-order valence-electron chi connectivity index (χ3n) is 7.25. The highest BCUT2D eigenvalue weighted by molar-refractivity contribution is 6.04. The molecule has 218 valence electrons. The zero-order valence-electron chi connectivity index (χ0n) is 24.6. The summed E-state index contributed by atoms with van der Waals surface area (Å²) in [4.78, 5) is 39.0. The molecule has 0 saturated heterocycles. The molecule has 2 aromatic rings. The maximum Gasteiger partial charge on any atom is 0.336 e. The first-order chi connectivity index (χ1) is 19.6. The molecule has 0 spiro atoms. The number of hydrogen-bond acceptors (Lipinski definition) is 9. The lowest BCUT2D eigenvalue weighted by Gasteiger charge is -2.37. The molecule has 0 aromatic heterocycles. The molecule has 9 nitrogen and oxygen atoms in total. The second kappa shape index (κ2) is 12.5. The van der Waals surface area contributed by atoms with E-state index in [9.17, 15) is 14.4 Å². The van der Waals surface area contributed by atoms with Gasteiger partial charge in [-0.1, -0.05) is 26.0 Å². The molecule has 9 heteroatoms. The molecule has 0 bridgehead atoms. The van der Waals surface area contributed by atoms with Gasteiger partial charge in [0.05, 0.1) is 33.5 Å². The van der Waals surface area contributed by atoms with Gasteiger partial charge in [-0.15, -0.1) is 0 Å². The van der Waals surface area contributed by atoms with Gasteiger partial charge in [0.2, 0.25) is 0 Å². The van der Waals surface area contributed by atoms with Gasteiger partial charge in [-0.05, 0) is 60.6 Å². The molecule has 1 heterocycles. The molecule has 0 amide bonds. The maximum atomic E-state index is 14.0. The lowest BCUT2D eigenvalue weighted by molar-refractivity contribution is -0.140. The summed E-state index contributed by atoms with van der Waals surface area (Å²) in [5.41, 5.74) is 3.87. The van der Waals surface area contributed by atoms with Gasteiger partial charge in [0.1, 0.15) is 0 Å². The van der Waals surface area contributed by atoms with E-state index >= 15 is 0 Å². The molecule has 0 saturated carbocycles. The zero-order valence-corrected chi connectivity index (χ0v) is 24.6. The van der Waals surface area contributed by atoms with Gasteiger partial charge in [0, 0.05) is 36.2 Å². The molecule has 0 radical (unpaired) electrons. The van der Waals surface area contributed by atoms with E-state index < -0.39 is 17.9 Å². The Balaban J connectivity index is 1.80. The summed E-state index contributed by atoms with van der Waals surface area (Å²) < 4.78 is 27.3. The number of allylic oxidation sites excluding steroid dienone is 3. The van der Waals surface area contributed by atoms with Gasteiger partial charge in [-0.25, -0.2) is 4.79 Å². The first kappa shape index (κ1) is 29.7. The highest BCUT2D eigenvalue weighted by Crippen LogP contribution is 2.47. The Hall–Kier alpha value is -4.27. The molecule has 2 aliphatic rings. The van der Waals surface area contributed by atoms with Crippen LogP contribution in [-0.2, 0) is 19.1 Å². The standard InChI is InChI=1S/C32H37NO8/c1-17(2)16-40-32(36)29-18(3)33-23-12-22(20-8-10-25(37-5)27(14-20)38-6)13-24(35)31(23)30(29)21-9-11-26(41-19(4)34)28(15-21)39-7/h8-11,14-15,17,22,30,33H,12-13,16H2,1-7H3/t22-,30-/m0/s1. The Morgan fingerprint density at radius 1 is 0.902 bits per heavy atom. The van der Waals surface area contributed by atoms with Crippen LogP contribution in [0.4, 0.5) is 0 Å². The molecule has 4 rings (SSSR count). The van der Waals surface area contributed by atoms with Crippen LogP contribution in [0.3, 0.4) is 0 Å². The number of benzene rings is 2. The second-order valence-corrected chi connectivity index (χ2v) is 10.6. The topological polar surface area (TPSA) is 109 Å². The van der Waals surface area contributed by atoms with Crippen molar-refractivity contribution in [2.24, 2.45) is 5.92 Å². The Morgan fingerprint density at radius 2 is 1.51 bits per heavy atom. The lowest BCUT2D eigenvalue weighted by atomic mass is 9.71. The van der Waals surface area contributed by atoms with Crippen molar-refractivity contribution in [1.82, 2.24) is 5.32 Å². The first-order valence-corrected chi connectivity index (χ1v) is 13.6. The van der Waals surface area contributed by atoms with Crippen molar-refractivity contribution in [2.45, 2.75) is 52.4 Å². The van der Waals surface area contributed by atoms with E-state index in [2.05, 4.69) is 5.32 Å². The average Bonchev–Trinajstić information content (AvgIpc) is 2.94. The first-order valence-electron chi connectivity index (χ1n) is 13.6. The van der Waals surface area contributed by atoms with E-state index in [1.165, 1.54) is 14.0 Å². The van der Waals surface area contributed by atoms with Crippen LogP contribution in [0, 0.1) is 5.92 Å². The number of ether oxygens (including phenoxy) is 5. The van der Waals surface area contributed by atoms with E-state index in [0.717, 1.165) is 11.3 Å². The van der Waals surface area contributed by atoms with Crippen molar-refractivity contribution in [2.75, 3.05) is 27.9 Å². The number of esters is 2. The number of hydrogen-bond donors (Lipinski definition) is 1. The number of ketones is 1. The molecule has 2 atom stereocenters. The minimum atomic E-state index is -0.690. The summed E-state index contributed by atoms with van der Waals surface area (Å²) in [7, 11) is 4.63. The van der Waals surface area contributed by atoms with Crippen LogP contribution >= 0.6 is 0 Å². The van der Waals surface area contributed by atoms with Crippen LogP contribution in [0.2, 0.25) is 0 Å². The molecule has 1 N–H and O–H groups in total. The van der Waals surface area contributed by atoms with Crippen LogP contribution in [-0.4, -0.2) is 45.7 Å². The molecule has 0 unspecified atom stereocenters. The molecule has 41 heavy (non-hydrogen) atoms. The Morgan fingerprint density at radius 3 is 2.15 bits per heavy atom. The highest BCUT2D eigenvalue weighted by Gasteiger charge is 2.42. The second-order valence-electron chi connectivity index (χ2n) is 10.6. The third-order valence-corrected chi connectivity index (χ3v) is 7.25. The highest BCUT2D eigenvalue weighted by atomic mass is 16.6. The predicted molar refractivity (Wildman–Crippen MR) is 152 cm³/mol. The van der Waals surface area contributed by atoms with Gasteiger partial charge in [-0.3, -0.25) is 9.59 Å². The van der Waals surface area contributed by atoms with Gasteiger partial charge >= 0.3 is 11.9 Å². The van der Waals surface area contributed by atoms with Crippen LogP contribution in [0.15, 0.2) is 58.9 Å². The van der Waals surface area contributed by atoms with E-state index in [1.807, 2.05) is 39.0 Å². The smallest absolute Gasteiger partial charge is 0.336 e. The molecular formula is C32H37NO8. The Kier molecular flexibility index (Phi) is 9.05. The molecule has 2 aromatic carbocycles. The van der Waals surface area contributed by atoms with Crippen LogP contribution in [0.5, 0.6) is 23.0 Å². The number of Topliss-reactive ketones (excluding diaryl/α,β-unsaturated/α-hetero) is 1. The van der Waals surface area contributed by atoms with Crippen molar-refractivity contribution < 1.29 is 38.1 Å². The fourth-order valence-electron chi connectivity index (χ4n) is 5.41. The number of rotatable bonds is 9. The SMILES string of the molecule is COc1ccc([C@@H]2CC(=O)C3=C(C2)NC(C)=C(C(=O)OCC(C)C)[C@@H]3c2ccc(OC(C)=O)c(OC)c2)cc1OC. The minimum absolute atomic E-state index is 0.0757. The Bertz CT molecular complexity index is 1420. The summed E-state index contributed by atoms with van der Waals surface area (Å²) in [6.07, 6.45) is 0.809. The molecule has 1 aliphatic carbocycles. The largest absolute Gasteiger partial charge is 0.493 e. The predicted octanol–water partition coefficient (Wildman–Crippen LogP) is 5.20. The maximum absolute atomic E-state index is 14.0. The van der Waals surface area contributed by atoms with E-state index in [-0.39, 0.29) is 36.4 Å². The van der Waals surface area contributed by atoms with Crippen molar-refractivity contribution in [3.05, 3.63) is 70.1 Å². The Labute approximate surface area is 240 Å². The number of carbonyl (C=O) groups excluding carboxylic acids is 3. The summed E-state index contributed by atoms with van der Waals surface area (Å²) >= 11 is 0. The zero-order chi connectivity index (χ0) is 29.8. The molecule has 1 aliphatic heterocycles. The normalized spacial score (nSPS) is 18.5. The van der Waals surface area contributed by atoms with E-state index in [1.54, 1.807) is 32.4 Å². The summed E-state index contributed by atoms with van der Waals surface area (Å²) in [5.74, 6) is 0.0826. The summed E-state index contributed by atoms with van der Waals surface area (Å²) in [6.45, 7) is 7.30. The van der Waals surface area contributed by atoms with Crippen LogP contribution in [0.25, 0.3) is 0 Å². The van der Waals surface area contributed by atoms with Crippen LogP contribution in [0.1, 0.15) is 63.5 Å². The number of carbonyl (C=O) groups is 3. The monoisotopic (exact) mass is 563 g/mol. The van der Waals surface area contributed by atoms with Crippen molar-refractivity contribution in [3.8, 4) is 23.0 Å². The summed E-state index contributed by atoms with van der Waals surface area (Å²) in [6, 6.07) is 10.8. The lowest BCUT2D eigenvalue weighted by Crippen LogP contribution is -2.36. The number of dihydropyridines is 1. The summed E-state index contributed by atoms with van der Waals surface area (Å²) in [5, 5.41) is 3.37. The number of methoxy groups -OCH3 is 3. The van der Waals surface area contributed by atoms with Crippen LogP contribution < -0.4 is 24.3 Å². The van der Waals surface area contributed by atoms with Gasteiger partial charge in [0.25, 0.3) is 0 Å². The fourth-order valence-corrected chi connectivity index (χ4v) is 5.41. The van der Waals surface area contributed by atoms with E-state index in [4.69, 9.17) is 23.7 Å². The van der Waals surface area contributed by atoms with Crippen molar-refractivity contribution in [1.29, 1.82) is 0 Å². The minimum Gasteiger partial charge on any atom is -0.493 e. The quantitative estimate of drug-likeness (QED) is 0.325. The van der Waals surface area contributed by atoms with E-state index in [0.29, 0.717) is 46.1 Å². The molecule has 0 fully saturated rings. The third kappa shape index (κ3) is 6.24. The van der Waals surface area contributed by atoms with Gasteiger partial charge < -0.3 is 29.0 Å². The van der Waals surface area contributed by atoms with Crippen molar-refractivity contribution >= 4 is 17.7 Å².